The summed E-state index contributed by atoms with van der Waals surface area (Å²) in [6, 6.07) is 2.08. The van der Waals surface area contributed by atoms with E-state index < -0.39 is 0 Å². The van der Waals surface area contributed by atoms with Crippen LogP contribution in [0.3, 0.4) is 0 Å². The Hall–Kier alpha value is -1.67. The second kappa shape index (κ2) is 5.02. The Labute approximate surface area is 121 Å². The van der Waals surface area contributed by atoms with Gasteiger partial charge < -0.3 is 0 Å². The Balaban J connectivity index is 2.36. The maximum absolute atomic E-state index is 12.8. The topological polar surface area (TPSA) is 58.7 Å². The smallest absolute Gasteiger partial charge is 0.263 e. The molecule has 0 bridgehead atoms. The van der Waals surface area contributed by atoms with Crippen molar-refractivity contribution in [1.29, 1.82) is 5.26 Å². The number of hydrogen-bond acceptors (Lipinski definition) is 4. The van der Waals surface area contributed by atoms with Gasteiger partial charge in [-0.1, -0.05) is 13.8 Å². The zero-order valence-electron chi connectivity index (χ0n) is 11.8. The third kappa shape index (κ3) is 1.95. The van der Waals surface area contributed by atoms with Crippen molar-refractivity contribution in [3.8, 4) is 6.07 Å². The molecule has 0 N–H and O–H groups in total. The summed E-state index contributed by atoms with van der Waals surface area (Å²) in [6.45, 7) is 4.10. The monoisotopic (exact) mass is 287 g/mol. The molecule has 0 aromatic carbocycles. The summed E-state index contributed by atoms with van der Waals surface area (Å²) in [5.41, 5.74) is 1.16. The molecule has 0 radical (unpaired) electrons. The SMILES string of the molecule is CC(C)c1nc2sc3c(c2c(=O)n1CC#N)CCCC3. The molecular weight excluding hydrogens is 270 g/mol. The minimum atomic E-state index is -0.0281. The van der Waals surface area contributed by atoms with E-state index in [1.165, 1.54) is 16.9 Å². The van der Waals surface area contributed by atoms with Gasteiger partial charge in [0.2, 0.25) is 0 Å². The van der Waals surface area contributed by atoms with Gasteiger partial charge in [0.15, 0.2) is 0 Å². The Morgan fingerprint density at radius 2 is 2.15 bits per heavy atom. The normalized spacial score (nSPS) is 14.5. The van der Waals surface area contributed by atoms with E-state index in [0.29, 0.717) is 0 Å². The summed E-state index contributed by atoms with van der Waals surface area (Å²) in [5, 5.41) is 9.74. The molecule has 20 heavy (non-hydrogen) atoms. The van der Waals surface area contributed by atoms with Gasteiger partial charge in [0.05, 0.1) is 11.5 Å². The molecule has 0 saturated carbocycles. The summed E-state index contributed by atoms with van der Waals surface area (Å²) >= 11 is 1.66. The highest BCUT2D eigenvalue weighted by Crippen LogP contribution is 2.34. The van der Waals surface area contributed by atoms with Crippen LogP contribution in [0.2, 0.25) is 0 Å². The van der Waals surface area contributed by atoms with E-state index in [2.05, 4.69) is 11.1 Å². The molecule has 4 nitrogen and oxygen atoms in total. The van der Waals surface area contributed by atoms with E-state index in [9.17, 15) is 4.79 Å². The Kier molecular flexibility index (Phi) is 3.35. The number of fused-ring (bicyclic) bond motifs is 3. The maximum atomic E-state index is 12.8. The molecule has 0 atom stereocenters. The van der Waals surface area contributed by atoms with E-state index in [1.54, 1.807) is 15.9 Å². The van der Waals surface area contributed by atoms with Crippen LogP contribution in [0.5, 0.6) is 0 Å². The molecule has 0 amide bonds. The molecule has 2 aromatic heterocycles. The van der Waals surface area contributed by atoms with Crippen molar-refractivity contribution in [3.63, 3.8) is 0 Å². The molecule has 3 rings (SSSR count). The molecule has 1 aliphatic rings. The molecule has 0 aliphatic heterocycles. The van der Waals surface area contributed by atoms with E-state index in [4.69, 9.17) is 5.26 Å². The molecule has 0 unspecified atom stereocenters. The van der Waals surface area contributed by atoms with Crippen LogP contribution in [0, 0.1) is 11.3 Å². The van der Waals surface area contributed by atoms with Crippen molar-refractivity contribution in [3.05, 3.63) is 26.6 Å². The highest BCUT2D eigenvalue weighted by atomic mass is 32.1. The lowest BCUT2D eigenvalue weighted by atomic mass is 9.97. The Morgan fingerprint density at radius 3 is 2.85 bits per heavy atom. The lowest BCUT2D eigenvalue weighted by Gasteiger charge is -2.13. The van der Waals surface area contributed by atoms with Gasteiger partial charge in [-0.25, -0.2) is 4.98 Å². The number of nitriles is 1. The molecule has 0 spiro atoms. The van der Waals surface area contributed by atoms with Crippen molar-refractivity contribution < 1.29 is 0 Å². The van der Waals surface area contributed by atoms with Crippen molar-refractivity contribution in [1.82, 2.24) is 9.55 Å². The van der Waals surface area contributed by atoms with Crippen LogP contribution in [0.15, 0.2) is 4.79 Å². The average Bonchev–Trinajstić information content (AvgIpc) is 2.80. The van der Waals surface area contributed by atoms with Crippen molar-refractivity contribution >= 4 is 21.6 Å². The fourth-order valence-electron chi connectivity index (χ4n) is 2.92. The van der Waals surface area contributed by atoms with Gasteiger partial charge in [-0.2, -0.15) is 5.26 Å². The third-order valence-electron chi connectivity index (χ3n) is 3.85. The van der Waals surface area contributed by atoms with Crippen LogP contribution in [0.25, 0.3) is 10.2 Å². The number of thiophene rings is 1. The third-order valence-corrected chi connectivity index (χ3v) is 5.04. The molecule has 104 valence electrons. The lowest BCUT2D eigenvalue weighted by molar-refractivity contribution is 0.646. The highest BCUT2D eigenvalue weighted by Gasteiger charge is 2.22. The van der Waals surface area contributed by atoms with Crippen molar-refractivity contribution in [2.24, 2.45) is 0 Å². The number of aryl methyl sites for hydroxylation is 2. The second-order valence-corrected chi connectivity index (χ2v) is 6.65. The quantitative estimate of drug-likeness (QED) is 0.853. The molecule has 5 heteroatoms. The average molecular weight is 287 g/mol. The molecule has 2 heterocycles. The number of nitrogens with zero attached hydrogens (tertiary/aromatic N) is 3. The molecule has 0 saturated heterocycles. The van der Waals surface area contributed by atoms with Crippen LogP contribution in [-0.4, -0.2) is 9.55 Å². The van der Waals surface area contributed by atoms with Crippen LogP contribution in [0.1, 0.15) is 48.9 Å². The summed E-state index contributed by atoms with van der Waals surface area (Å²) in [7, 11) is 0. The van der Waals surface area contributed by atoms with Crippen LogP contribution >= 0.6 is 11.3 Å². The first-order valence-corrected chi connectivity index (χ1v) is 7.87. The molecule has 2 aromatic rings. The van der Waals surface area contributed by atoms with Crippen molar-refractivity contribution in [2.75, 3.05) is 0 Å². The minimum absolute atomic E-state index is 0.0281. The van der Waals surface area contributed by atoms with Crippen LogP contribution in [-0.2, 0) is 19.4 Å². The predicted octanol–water partition coefficient (Wildman–Crippen LogP) is 2.98. The van der Waals surface area contributed by atoms with E-state index in [-0.39, 0.29) is 18.0 Å². The molecule has 0 fully saturated rings. The van der Waals surface area contributed by atoms with Crippen LogP contribution in [0.4, 0.5) is 0 Å². The molecule has 1 aliphatic carbocycles. The Morgan fingerprint density at radius 1 is 1.40 bits per heavy atom. The van der Waals surface area contributed by atoms with Gasteiger partial charge in [0.25, 0.3) is 5.56 Å². The highest BCUT2D eigenvalue weighted by molar-refractivity contribution is 7.18. The first-order valence-electron chi connectivity index (χ1n) is 7.05. The van der Waals surface area contributed by atoms with E-state index >= 15 is 0 Å². The number of aromatic nitrogens is 2. The van der Waals surface area contributed by atoms with Gasteiger partial charge in [-0.15, -0.1) is 11.3 Å². The van der Waals surface area contributed by atoms with Gasteiger partial charge >= 0.3 is 0 Å². The fourth-order valence-corrected chi connectivity index (χ4v) is 4.18. The second-order valence-electron chi connectivity index (χ2n) is 5.57. The lowest BCUT2D eigenvalue weighted by Crippen LogP contribution is -2.26. The first-order chi connectivity index (χ1) is 9.63. The summed E-state index contributed by atoms with van der Waals surface area (Å²) in [6.07, 6.45) is 4.37. The summed E-state index contributed by atoms with van der Waals surface area (Å²) in [4.78, 5) is 19.6. The van der Waals surface area contributed by atoms with Gasteiger partial charge in [-0.05, 0) is 31.2 Å². The van der Waals surface area contributed by atoms with Gasteiger partial charge in [-0.3, -0.25) is 9.36 Å². The Bertz CT molecular complexity index is 764. The first kappa shape index (κ1) is 13.3. The number of hydrogen-bond donors (Lipinski definition) is 0. The van der Waals surface area contributed by atoms with Crippen molar-refractivity contribution in [2.45, 2.75) is 52.0 Å². The summed E-state index contributed by atoms with van der Waals surface area (Å²) < 4.78 is 1.55. The van der Waals surface area contributed by atoms with Crippen LogP contribution < -0.4 is 5.56 Å². The number of rotatable bonds is 2. The van der Waals surface area contributed by atoms with E-state index in [0.717, 1.165) is 35.3 Å². The van der Waals surface area contributed by atoms with Gasteiger partial charge in [0.1, 0.15) is 17.2 Å². The predicted molar refractivity (Wildman–Crippen MR) is 80.2 cm³/mol. The fraction of sp³-hybridized carbons (Fsp3) is 0.533. The largest absolute Gasteiger partial charge is 0.282 e. The molecular formula is C15H17N3OS. The minimum Gasteiger partial charge on any atom is -0.282 e. The zero-order valence-corrected chi connectivity index (χ0v) is 12.6. The maximum Gasteiger partial charge on any atom is 0.263 e. The summed E-state index contributed by atoms with van der Waals surface area (Å²) in [5.74, 6) is 0.863. The van der Waals surface area contributed by atoms with E-state index in [1.807, 2.05) is 13.8 Å². The zero-order chi connectivity index (χ0) is 14.3. The standard InChI is InChI=1S/C15H17N3OS/c1-9(2)13-17-14-12(15(19)18(13)8-7-16)10-5-3-4-6-11(10)20-14/h9H,3-6,8H2,1-2H3. The van der Waals surface area contributed by atoms with Gasteiger partial charge in [0, 0.05) is 10.8 Å².